The molecular formula is C26H27F3N4O5S2. The fraction of sp³-hybridized carbons (Fsp3) is 0.346. The Morgan fingerprint density at radius 3 is 2.45 bits per heavy atom. The third kappa shape index (κ3) is 9.60. The fourth-order valence-corrected chi connectivity index (χ4v) is 5.12. The van der Waals surface area contributed by atoms with E-state index in [1.165, 1.54) is 35.6 Å². The predicted molar refractivity (Wildman–Crippen MR) is 145 cm³/mol. The van der Waals surface area contributed by atoms with E-state index >= 15 is 0 Å². The Kier molecular flexibility index (Phi) is 11.4. The van der Waals surface area contributed by atoms with Gasteiger partial charge in [-0.25, -0.2) is 9.19 Å². The first-order chi connectivity index (χ1) is 19.1. The molecule has 0 bridgehead atoms. The van der Waals surface area contributed by atoms with Crippen LogP contribution < -0.4 is 14.4 Å². The van der Waals surface area contributed by atoms with Crippen molar-refractivity contribution in [2.75, 3.05) is 37.6 Å². The molecule has 14 heteroatoms. The zero-order chi connectivity index (χ0) is 29.1. The summed E-state index contributed by atoms with van der Waals surface area (Å²) in [6.07, 6.45) is -4.32. The molecule has 1 N–H and O–H groups in total. The molecule has 3 aromatic rings. The van der Waals surface area contributed by atoms with Gasteiger partial charge in [0.2, 0.25) is 0 Å². The molecule has 40 heavy (non-hydrogen) atoms. The molecule has 3 rings (SSSR count). The maximum Gasteiger partial charge on any atom is 0.573 e. The molecule has 0 aliphatic heterocycles. The molecule has 0 saturated carbocycles. The number of thiazole rings is 1. The van der Waals surface area contributed by atoms with E-state index in [-0.39, 0.29) is 23.7 Å². The maximum atomic E-state index is 12.8. The second-order valence-corrected chi connectivity index (χ2v) is 10.8. The maximum absolute atomic E-state index is 12.8. The molecule has 0 fully saturated rings. The largest absolute Gasteiger partial charge is 0.573 e. The normalized spacial score (nSPS) is 12.0. The van der Waals surface area contributed by atoms with Crippen LogP contribution in [0, 0.1) is 18.3 Å². The summed E-state index contributed by atoms with van der Waals surface area (Å²) in [6.45, 7) is 3.18. The summed E-state index contributed by atoms with van der Waals surface area (Å²) in [6, 6.07) is 14.1. The van der Waals surface area contributed by atoms with Crippen molar-refractivity contribution in [3.05, 3.63) is 70.2 Å². The Labute approximate surface area is 236 Å². The number of rotatable bonds is 14. The highest BCUT2D eigenvalue weighted by Crippen LogP contribution is 2.34. The van der Waals surface area contributed by atoms with E-state index in [9.17, 15) is 22.2 Å². The summed E-state index contributed by atoms with van der Waals surface area (Å²) in [5.41, 5.74) is 1.84. The zero-order valence-electron chi connectivity index (χ0n) is 21.7. The monoisotopic (exact) mass is 596 g/mol. The molecule has 1 unspecified atom stereocenters. The van der Waals surface area contributed by atoms with E-state index < -0.39 is 23.3 Å². The summed E-state index contributed by atoms with van der Waals surface area (Å²) in [5, 5.41) is 9.58. The average molecular weight is 597 g/mol. The van der Waals surface area contributed by atoms with Gasteiger partial charge in [-0.05, 0) is 55.3 Å². The molecule has 1 heterocycles. The second-order valence-electron chi connectivity index (χ2n) is 8.28. The Bertz CT molecular complexity index is 1330. The Morgan fingerprint density at radius 2 is 1.82 bits per heavy atom. The Balaban J connectivity index is 1.76. The number of carbonyl (C=O) groups is 1. The van der Waals surface area contributed by atoms with Crippen molar-refractivity contribution in [3.63, 3.8) is 0 Å². The molecule has 0 spiro atoms. The number of anilines is 2. The standard InChI is InChI=1S/C26H27F3N4O5S2/c1-18-23(24(34)32-40(35)15-3-12-37-14-13-36-2)31-25(39-18)33(21-8-4-19(16-30)5-9-21)17-20-6-10-22(11-7-20)38-26(27,28)29/h4-11H,3,12-15,17H2,1-2H3,(H,32,34). The number of carbonyl (C=O) groups excluding carboxylic acids is 1. The number of nitrogens with one attached hydrogen (secondary N) is 1. The van der Waals surface area contributed by atoms with Gasteiger partial charge in [-0.3, -0.25) is 9.52 Å². The van der Waals surface area contributed by atoms with Gasteiger partial charge >= 0.3 is 6.36 Å². The first-order valence-electron chi connectivity index (χ1n) is 12.0. The summed E-state index contributed by atoms with van der Waals surface area (Å²) < 4.78 is 66.6. The van der Waals surface area contributed by atoms with Crippen LogP contribution in [0.1, 0.15) is 32.9 Å². The number of halogens is 3. The molecule has 0 saturated heterocycles. The van der Waals surface area contributed by atoms with Crippen molar-refractivity contribution in [1.29, 1.82) is 5.26 Å². The number of benzene rings is 2. The highest BCUT2D eigenvalue weighted by Gasteiger charge is 2.31. The number of aryl methyl sites for hydroxylation is 1. The van der Waals surface area contributed by atoms with Gasteiger partial charge in [0, 0.05) is 30.0 Å². The SMILES string of the molecule is COCCOCCCS(=O)NC(=O)c1nc(N(Cc2ccc(OC(F)(F)F)cc2)c2ccc(C#N)cc2)sc1C. The number of amides is 1. The minimum Gasteiger partial charge on any atom is -0.406 e. The van der Waals surface area contributed by atoms with Gasteiger partial charge in [-0.15, -0.1) is 24.5 Å². The van der Waals surface area contributed by atoms with Gasteiger partial charge in [-0.1, -0.05) is 12.1 Å². The average Bonchev–Trinajstić information content (AvgIpc) is 3.30. The lowest BCUT2D eigenvalue weighted by Gasteiger charge is -2.22. The molecule has 0 aliphatic carbocycles. The van der Waals surface area contributed by atoms with Gasteiger partial charge in [0.05, 0.1) is 31.4 Å². The van der Waals surface area contributed by atoms with Crippen LogP contribution in [0.25, 0.3) is 0 Å². The molecule has 0 radical (unpaired) electrons. The van der Waals surface area contributed by atoms with E-state index in [0.29, 0.717) is 53.1 Å². The molecule has 9 nitrogen and oxygen atoms in total. The van der Waals surface area contributed by atoms with Crippen LogP contribution >= 0.6 is 11.3 Å². The highest BCUT2D eigenvalue weighted by atomic mass is 32.2. The lowest BCUT2D eigenvalue weighted by atomic mass is 10.1. The highest BCUT2D eigenvalue weighted by molar-refractivity contribution is 7.83. The number of nitrogens with zero attached hydrogens (tertiary/aromatic N) is 3. The van der Waals surface area contributed by atoms with Crippen molar-refractivity contribution in [3.8, 4) is 11.8 Å². The number of ether oxygens (including phenoxy) is 3. The molecule has 2 aromatic carbocycles. The first-order valence-corrected chi connectivity index (χ1v) is 14.1. The third-order valence-corrected chi connectivity index (χ3v) is 7.36. The van der Waals surface area contributed by atoms with Gasteiger partial charge in [0.1, 0.15) is 22.4 Å². The summed E-state index contributed by atoms with van der Waals surface area (Å²) in [4.78, 5) is 19.7. The number of hydrogen-bond donors (Lipinski definition) is 1. The lowest BCUT2D eigenvalue weighted by molar-refractivity contribution is -0.274. The van der Waals surface area contributed by atoms with Gasteiger partial charge in [0.25, 0.3) is 5.91 Å². The Hall–Kier alpha value is -3.51. The molecule has 214 valence electrons. The number of aromatic nitrogens is 1. The van der Waals surface area contributed by atoms with Crippen LogP contribution in [0.2, 0.25) is 0 Å². The quantitative estimate of drug-likeness (QED) is 0.259. The predicted octanol–water partition coefficient (Wildman–Crippen LogP) is 5.01. The summed E-state index contributed by atoms with van der Waals surface area (Å²) in [7, 11) is -0.0636. The van der Waals surface area contributed by atoms with Crippen LogP contribution in [0.4, 0.5) is 24.0 Å². The molecule has 1 atom stereocenters. The molecular weight excluding hydrogens is 569 g/mol. The van der Waals surface area contributed by atoms with Crippen molar-refractivity contribution in [1.82, 2.24) is 9.71 Å². The van der Waals surface area contributed by atoms with Gasteiger partial charge in [-0.2, -0.15) is 5.26 Å². The first kappa shape index (κ1) is 31.0. The minimum absolute atomic E-state index is 0.109. The number of nitriles is 1. The second kappa shape index (κ2) is 14.8. The molecule has 0 aliphatic rings. The molecule has 1 amide bonds. The van der Waals surface area contributed by atoms with Gasteiger partial charge < -0.3 is 19.1 Å². The van der Waals surface area contributed by atoms with Crippen LogP contribution in [-0.4, -0.2) is 54.1 Å². The van der Waals surface area contributed by atoms with Crippen molar-refractivity contribution in [2.45, 2.75) is 26.3 Å². The van der Waals surface area contributed by atoms with Crippen LogP contribution in [0.15, 0.2) is 48.5 Å². The Morgan fingerprint density at radius 1 is 1.12 bits per heavy atom. The van der Waals surface area contributed by atoms with E-state index in [1.54, 1.807) is 43.2 Å². The van der Waals surface area contributed by atoms with Crippen LogP contribution in [0.5, 0.6) is 5.75 Å². The van der Waals surface area contributed by atoms with E-state index in [1.807, 2.05) is 6.07 Å². The van der Waals surface area contributed by atoms with Crippen LogP contribution in [0.3, 0.4) is 0 Å². The van der Waals surface area contributed by atoms with E-state index in [2.05, 4.69) is 14.4 Å². The van der Waals surface area contributed by atoms with Crippen molar-refractivity contribution >= 4 is 39.0 Å². The van der Waals surface area contributed by atoms with E-state index in [0.717, 1.165) is 0 Å². The van der Waals surface area contributed by atoms with Crippen molar-refractivity contribution in [2.24, 2.45) is 0 Å². The third-order valence-electron chi connectivity index (χ3n) is 5.29. The topological polar surface area (TPSA) is 114 Å². The minimum atomic E-state index is -4.80. The van der Waals surface area contributed by atoms with Gasteiger partial charge in [0.15, 0.2) is 5.13 Å². The van der Waals surface area contributed by atoms with Crippen molar-refractivity contribution < 1.29 is 36.4 Å². The van der Waals surface area contributed by atoms with Crippen LogP contribution in [-0.2, 0) is 27.0 Å². The van der Waals surface area contributed by atoms with E-state index in [4.69, 9.17) is 14.7 Å². The molecule has 1 aromatic heterocycles. The zero-order valence-corrected chi connectivity index (χ0v) is 23.3. The summed E-state index contributed by atoms with van der Waals surface area (Å²) in [5.74, 6) is -0.730. The number of methoxy groups -OCH3 is 1. The summed E-state index contributed by atoms with van der Waals surface area (Å²) >= 11 is 1.23. The number of alkyl halides is 3. The smallest absolute Gasteiger partial charge is 0.406 e. The number of hydrogen-bond acceptors (Lipinski definition) is 9. The lowest BCUT2D eigenvalue weighted by Crippen LogP contribution is -2.28. The fourth-order valence-electron chi connectivity index (χ4n) is 3.41.